The van der Waals surface area contributed by atoms with Gasteiger partial charge in [0.15, 0.2) is 0 Å². The molecule has 1 aliphatic rings. The number of aromatic nitrogens is 2. The quantitative estimate of drug-likeness (QED) is 0.568. The molecule has 0 spiro atoms. The van der Waals surface area contributed by atoms with Crippen molar-refractivity contribution in [3.8, 4) is 5.75 Å². The number of rotatable bonds is 7. The molecule has 6 nitrogen and oxygen atoms in total. The van der Waals surface area contributed by atoms with Crippen LogP contribution in [0.15, 0.2) is 54.9 Å². The summed E-state index contributed by atoms with van der Waals surface area (Å²) in [4.78, 5) is 19.4. The van der Waals surface area contributed by atoms with Gasteiger partial charge in [0.1, 0.15) is 18.0 Å². The Morgan fingerprint density at radius 3 is 2.71 bits per heavy atom. The number of hydrogen-bond acceptors (Lipinski definition) is 4. The lowest BCUT2D eigenvalue weighted by Gasteiger charge is -2.32. The number of pyridine rings is 1. The van der Waals surface area contributed by atoms with Crippen molar-refractivity contribution in [2.24, 2.45) is 5.92 Å². The number of nitrogens with zero attached hydrogens (tertiary/aromatic N) is 3. The molecule has 1 N–H and O–H groups in total. The van der Waals surface area contributed by atoms with Gasteiger partial charge in [0.25, 0.3) is 5.91 Å². The molecule has 168 valence electrons. The topological polar surface area (TPSA) is 58.9 Å². The van der Waals surface area contributed by atoms with Gasteiger partial charge >= 0.3 is 0 Å². The van der Waals surface area contributed by atoms with Crippen molar-refractivity contribution in [1.29, 1.82) is 0 Å². The van der Waals surface area contributed by atoms with Crippen LogP contribution >= 0.6 is 24.8 Å². The lowest BCUT2D eigenvalue weighted by atomic mass is 9.96. The third-order valence-corrected chi connectivity index (χ3v) is 5.47. The normalized spacial score (nSPS) is 14.0. The van der Waals surface area contributed by atoms with E-state index in [9.17, 15) is 4.79 Å². The highest BCUT2D eigenvalue weighted by atomic mass is 35.5. The highest BCUT2D eigenvalue weighted by Crippen LogP contribution is 2.21. The molecule has 8 heteroatoms. The first-order valence-corrected chi connectivity index (χ1v) is 10.4. The Labute approximate surface area is 195 Å². The first kappa shape index (κ1) is 25.0. The van der Waals surface area contributed by atoms with Gasteiger partial charge in [-0.2, -0.15) is 0 Å². The molecule has 0 atom stereocenters. The molecule has 0 saturated carbocycles. The molecule has 1 aliphatic heterocycles. The van der Waals surface area contributed by atoms with Gasteiger partial charge in [-0.1, -0.05) is 19.1 Å². The van der Waals surface area contributed by atoms with E-state index in [1.54, 1.807) is 0 Å². The fourth-order valence-corrected chi connectivity index (χ4v) is 3.80. The summed E-state index contributed by atoms with van der Waals surface area (Å²) in [7, 11) is 0. The number of carbonyl (C=O) groups excluding carboxylic acids is 1. The van der Waals surface area contributed by atoms with E-state index < -0.39 is 0 Å². The van der Waals surface area contributed by atoms with Gasteiger partial charge in [0.2, 0.25) is 0 Å². The van der Waals surface area contributed by atoms with E-state index in [2.05, 4.69) is 17.2 Å². The van der Waals surface area contributed by atoms with E-state index >= 15 is 0 Å². The summed E-state index contributed by atoms with van der Waals surface area (Å²) >= 11 is 0. The Hall–Kier alpha value is -2.28. The van der Waals surface area contributed by atoms with Crippen LogP contribution in [0, 0.1) is 5.92 Å². The molecule has 1 amide bonds. The predicted molar refractivity (Wildman–Crippen MR) is 128 cm³/mol. The van der Waals surface area contributed by atoms with E-state index in [0.717, 1.165) is 50.4 Å². The zero-order valence-electron chi connectivity index (χ0n) is 17.7. The van der Waals surface area contributed by atoms with Crippen molar-refractivity contribution in [3.05, 3.63) is 66.1 Å². The molecule has 4 rings (SSSR count). The highest BCUT2D eigenvalue weighted by molar-refractivity contribution is 5.94. The number of piperidine rings is 1. The molecule has 2 aromatic heterocycles. The average molecular weight is 465 g/mol. The predicted octanol–water partition coefficient (Wildman–Crippen LogP) is 4.22. The second-order valence-corrected chi connectivity index (χ2v) is 7.56. The Morgan fingerprint density at radius 1 is 1.16 bits per heavy atom. The van der Waals surface area contributed by atoms with Gasteiger partial charge < -0.3 is 19.4 Å². The van der Waals surface area contributed by atoms with E-state index in [1.807, 2.05) is 64.2 Å². The molecule has 0 unspecified atom stereocenters. The van der Waals surface area contributed by atoms with Crippen LogP contribution in [0.1, 0.15) is 35.8 Å². The number of amides is 1. The standard InChI is InChI=1S/C23H28N4O2.2ClH/c1-2-24-15-18-9-12-26(13-10-18)23(28)19-6-5-7-21(14-19)29-17-20-16-27-11-4-3-8-22(27)25-20;;/h3-8,11,14,16,18,24H,2,9-10,12-13,15,17H2,1H3;2*1H. The Balaban J connectivity index is 0.00000171. The van der Waals surface area contributed by atoms with Gasteiger partial charge in [0.05, 0.1) is 5.69 Å². The van der Waals surface area contributed by atoms with Crippen LogP contribution in [0.3, 0.4) is 0 Å². The smallest absolute Gasteiger partial charge is 0.253 e. The van der Waals surface area contributed by atoms with Crippen molar-refractivity contribution < 1.29 is 9.53 Å². The average Bonchev–Trinajstić information content (AvgIpc) is 3.19. The summed E-state index contributed by atoms with van der Waals surface area (Å²) in [5, 5.41) is 3.41. The zero-order chi connectivity index (χ0) is 20.1. The molecule has 0 radical (unpaired) electrons. The maximum absolute atomic E-state index is 12.9. The fraction of sp³-hybridized carbons (Fsp3) is 0.391. The van der Waals surface area contributed by atoms with Crippen LogP contribution in [0.4, 0.5) is 0 Å². The fourth-order valence-electron chi connectivity index (χ4n) is 3.80. The third kappa shape index (κ3) is 6.35. The maximum Gasteiger partial charge on any atom is 0.253 e. The molecule has 3 heterocycles. The lowest BCUT2D eigenvalue weighted by Crippen LogP contribution is -2.40. The van der Waals surface area contributed by atoms with Crippen molar-refractivity contribution >= 4 is 36.4 Å². The van der Waals surface area contributed by atoms with Crippen molar-refractivity contribution in [2.45, 2.75) is 26.4 Å². The first-order valence-electron chi connectivity index (χ1n) is 10.4. The molecule has 1 saturated heterocycles. The van der Waals surface area contributed by atoms with Crippen LogP contribution in [0.25, 0.3) is 5.65 Å². The van der Waals surface area contributed by atoms with Gasteiger partial charge in [-0.15, -0.1) is 24.8 Å². The number of halogens is 2. The summed E-state index contributed by atoms with van der Waals surface area (Å²) in [6.07, 6.45) is 6.04. The molecule has 1 fully saturated rings. The second kappa shape index (κ2) is 11.9. The summed E-state index contributed by atoms with van der Waals surface area (Å²) in [5.74, 6) is 1.44. The van der Waals surface area contributed by atoms with Crippen LogP contribution in [0.5, 0.6) is 5.75 Å². The van der Waals surface area contributed by atoms with E-state index in [4.69, 9.17) is 4.74 Å². The molecular weight excluding hydrogens is 435 g/mol. The Morgan fingerprint density at radius 2 is 1.97 bits per heavy atom. The van der Waals surface area contributed by atoms with Gasteiger partial charge in [-0.05, 0) is 62.2 Å². The number of hydrogen-bond donors (Lipinski definition) is 1. The molecule has 31 heavy (non-hydrogen) atoms. The van der Waals surface area contributed by atoms with Crippen LogP contribution in [-0.4, -0.2) is 46.4 Å². The molecular formula is C23H30Cl2N4O2. The Kier molecular flexibility index (Phi) is 9.62. The highest BCUT2D eigenvalue weighted by Gasteiger charge is 2.23. The number of ether oxygens (including phenoxy) is 1. The minimum atomic E-state index is 0. The maximum atomic E-state index is 12.9. The van der Waals surface area contributed by atoms with Crippen LogP contribution in [0.2, 0.25) is 0 Å². The van der Waals surface area contributed by atoms with Gasteiger partial charge in [-0.25, -0.2) is 4.98 Å². The third-order valence-electron chi connectivity index (χ3n) is 5.47. The van der Waals surface area contributed by atoms with Gasteiger partial charge in [-0.3, -0.25) is 4.79 Å². The number of imidazole rings is 1. The van der Waals surface area contributed by atoms with Crippen molar-refractivity contribution in [3.63, 3.8) is 0 Å². The first-order chi connectivity index (χ1) is 14.2. The van der Waals surface area contributed by atoms with Crippen LogP contribution < -0.4 is 10.1 Å². The largest absolute Gasteiger partial charge is 0.487 e. The molecule has 1 aromatic carbocycles. The summed E-state index contributed by atoms with van der Waals surface area (Å²) < 4.78 is 7.88. The number of fused-ring (bicyclic) bond motifs is 1. The summed E-state index contributed by atoms with van der Waals surface area (Å²) in [5.41, 5.74) is 2.44. The Bertz CT molecular complexity index is 938. The minimum Gasteiger partial charge on any atom is -0.487 e. The summed E-state index contributed by atoms with van der Waals surface area (Å²) in [6.45, 7) is 6.19. The molecule has 0 aliphatic carbocycles. The van der Waals surface area contributed by atoms with E-state index in [0.29, 0.717) is 23.8 Å². The van der Waals surface area contributed by atoms with E-state index in [1.165, 1.54) is 0 Å². The number of nitrogens with one attached hydrogen (secondary N) is 1. The lowest BCUT2D eigenvalue weighted by molar-refractivity contribution is 0.0690. The van der Waals surface area contributed by atoms with Crippen molar-refractivity contribution in [2.75, 3.05) is 26.2 Å². The molecule has 3 aromatic rings. The zero-order valence-corrected chi connectivity index (χ0v) is 19.3. The van der Waals surface area contributed by atoms with Crippen molar-refractivity contribution in [1.82, 2.24) is 19.6 Å². The molecule has 0 bridgehead atoms. The SMILES string of the molecule is CCNCC1CCN(C(=O)c2cccc(OCc3cn4ccccc4n3)c2)CC1.Cl.Cl. The number of carbonyl (C=O) groups is 1. The van der Waals surface area contributed by atoms with Gasteiger partial charge in [0, 0.05) is 31.0 Å². The summed E-state index contributed by atoms with van der Waals surface area (Å²) in [6, 6.07) is 13.4. The monoisotopic (exact) mass is 464 g/mol. The number of likely N-dealkylation sites (tertiary alicyclic amines) is 1. The van der Waals surface area contributed by atoms with E-state index in [-0.39, 0.29) is 30.7 Å². The minimum absolute atomic E-state index is 0. The number of benzene rings is 1. The van der Waals surface area contributed by atoms with Crippen LogP contribution in [-0.2, 0) is 6.61 Å². The second-order valence-electron chi connectivity index (χ2n) is 7.56.